The van der Waals surface area contributed by atoms with Gasteiger partial charge in [0.1, 0.15) is 16.1 Å². The standard InChI is InChI=1S/C21H21N5O3S/c22-18(27)14-29-16-6-3-15(4-7-16)5-8-19(28)25-10-12-26(13-11-25)21-24-17-2-1-9-23-20(17)30-21/h1-9H,10-14H2,(H2,22,27)/b8-5+. The molecule has 30 heavy (non-hydrogen) atoms. The molecule has 0 radical (unpaired) electrons. The van der Waals surface area contributed by atoms with Crippen LogP contribution in [0, 0.1) is 0 Å². The number of primary amides is 1. The number of piperazine rings is 1. The number of thiazole rings is 1. The number of benzene rings is 1. The fourth-order valence-corrected chi connectivity index (χ4v) is 4.07. The van der Waals surface area contributed by atoms with Gasteiger partial charge in [-0.3, -0.25) is 9.59 Å². The highest BCUT2D eigenvalue weighted by molar-refractivity contribution is 7.21. The Morgan fingerprint density at radius 1 is 1.13 bits per heavy atom. The number of pyridine rings is 1. The van der Waals surface area contributed by atoms with E-state index < -0.39 is 5.91 Å². The summed E-state index contributed by atoms with van der Waals surface area (Å²) < 4.78 is 5.22. The van der Waals surface area contributed by atoms with Crippen molar-refractivity contribution in [1.29, 1.82) is 0 Å². The van der Waals surface area contributed by atoms with Crippen LogP contribution in [0.2, 0.25) is 0 Å². The molecule has 9 heteroatoms. The van der Waals surface area contributed by atoms with Crippen LogP contribution in [0.25, 0.3) is 16.4 Å². The third-order valence-corrected chi connectivity index (χ3v) is 5.74. The van der Waals surface area contributed by atoms with Gasteiger partial charge in [-0.1, -0.05) is 23.5 Å². The molecule has 2 amide bonds. The van der Waals surface area contributed by atoms with Crippen molar-refractivity contribution in [2.24, 2.45) is 5.73 Å². The maximum atomic E-state index is 12.5. The first-order chi connectivity index (χ1) is 14.6. The van der Waals surface area contributed by atoms with Crippen molar-refractivity contribution in [2.45, 2.75) is 0 Å². The summed E-state index contributed by atoms with van der Waals surface area (Å²) in [4.78, 5) is 37.2. The molecule has 0 saturated carbocycles. The van der Waals surface area contributed by atoms with E-state index in [9.17, 15) is 9.59 Å². The largest absolute Gasteiger partial charge is 0.484 e. The van der Waals surface area contributed by atoms with Gasteiger partial charge in [-0.05, 0) is 35.9 Å². The maximum absolute atomic E-state index is 12.5. The van der Waals surface area contributed by atoms with Crippen molar-refractivity contribution in [1.82, 2.24) is 14.9 Å². The van der Waals surface area contributed by atoms with Crippen LogP contribution in [0.1, 0.15) is 5.56 Å². The number of anilines is 1. The maximum Gasteiger partial charge on any atom is 0.255 e. The fourth-order valence-electron chi connectivity index (χ4n) is 3.11. The first-order valence-corrected chi connectivity index (χ1v) is 10.3. The zero-order valence-corrected chi connectivity index (χ0v) is 17.0. The summed E-state index contributed by atoms with van der Waals surface area (Å²) >= 11 is 1.58. The van der Waals surface area contributed by atoms with Crippen LogP contribution in [0.15, 0.2) is 48.7 Å². The van der Waals surface area contributed by atoms with E-state index in [1.807, 2.05) is 29.2 Å². The van der Waals surface area contributed by atoms with Gasteiger partial charge in [-0.15, -0.1) is 0 Å². The Balaban J connectivity index is 1.30. The molecule has 0 bridgehead atoms. The Hall–Kier alpha value is -3.46. The summed E-state index contributed by atoms with van der Waals surface area (Å²) in [6.07, 6.45) is 5.12. The number of rotatable bonds is 6. The molecule has 0 atom stereocenters. The van der Waals surface area contributed by atoms with E-state index >= 15 is 0 Å². The molecule has 154 valence electrons. The lowest BCUT2D eigenvalue weighted by molar-refractivity contribution is -0.126. The van der Waals surface area contributed by atoms with E-state index in [2.05, 4.69) is 14.9 Å². The van der Waals surface area contributed by atoms with Gasteiger partial charge in [0.05, 0.1) is 0 Å². The van der Waals surface area contributed by atoms with Crippen LogP contribution >= 0.6 is 11.3 Å². The van der Waals surface area contributed by atoms with Crippen LogP contribution in [0.4, 0.5) is 5.13 Å². The smallest absolute Gasteiger partial charge is 0.255 e. The minimum atomic E-state index is -0.524. The average Bonchev–Trinajstić information content (AvgIpc) is 3.21. The Labute approximate surface area is 177 Å². The van der Waals surface area contributed by atoms with Gasteiger partial charge < -0.3 is 20.3 Å². The Bertz CT molecular complexity index is 1040. The van der Waals surface area contributed by atoms with Crippen LogP contribution < -0.4 is 15.4 Å². The molecular formula is C21H21N5O3S. The zero-order chi connectivity index (χ0) is 20.9. The molecule has 3 heterocycles. The number of nitrogens with zero attached hydrogens (tertiary/aromatic N) is 4. The van der Waals surface area contributed by atoms with Crippen LogP contribution in [0.5, 0.6) is 5.75 Å². The van der Waals surface area contributed by atoms with Crippen molar-refractivity contribution in [3.8, 4) is 5.75 Å². The minimum absolute atomic E-state index is 0.0188. The number of fused-ring (bicyclic) bond motifs is 1. The van der Waals surface area contributed by atoms with E-state index in [0.717, 1.165) is 34.1 Å². The van der Waals surface area contributed by atoms with Crippen molar-refractivity contribution in [2.75, 3.05) is 37.7 Å². The molecular weight excluding hydrogens is 402 g/mol. The molecule has 2 N–H and O–H groups in total. The normalized spacial score (nSPS) is 14.4. The summed E-state index contributed by atoms with van der Waals surface area (Å²) in [6.45, 7) is 2.61. The van der Waals surface area contributed by atoms with Crippen LogP contribution in [0.3, 0.4) is 0 Å². The second-order valence-corrected chi connectivity index (χ2v) is 7.75. The summed E-state index contributed by atoms with van der Waals surface area (Å²) in [7, 11) is 0. The van der Waals surface area contributed by atoms with Crippen molar-refractivity contribution in [3.05, 3.63) is 54.2 Å². The highest BCUT2D eigenvalue weighted by Gasteiger charge is 2.22. The van der Waals surface area contributed by atoms with E-state index in [1.165, 1.54) is 0 Å². The quantitative estimate of drug-likeness (QED) is 0.608. The molecule has 3 aromatic rings. The highest BCUT2D eigenvalue weighted by Crippen LogP contribution is 2.27. The lowest BCUT2D eigenvalue weighted by Crippen LogP contribution is -2.48. The number of amides is 2. The summed E-state index contributed by atoms with van der Waals surface area (Å²) in [5.74, 6) is 0.0117. The molecule has 0 unspecified atom stereocenters. The lowest BCUT2D eigenvalue weighted by atomic mass is 10.2. The Kier molecular flexibility index (Phi) is 5.89. The molecule has 4 rings (SSSR count). The second-order valence-electron chi connectivity index (χ2n) is 6.79. The lowest BCUT2D eigenvalue weighted by Gasteiger charge is -2.34. The van der Waals surface area contributed by atoms with E-state index in [0.29, 0.717) is 18.8 Å². The molecule has 0 aliphatic carbocycles. The first-order valence-electron chi connectivity index (χ1n) is 9.53. The van der Waals surface area contributed by atoms with Gasteiger partial charge >= 0.3 is 0 Å². The van der Waals surface area contributed by atoms with Crippen molar-refractivity contribution >= 4 is 44.7 Å². The Morgan fingerprint density at radius 3 is 2.60 bits per heavy atom. The number of nitrogens with two attached hydrogens (primary N) is 1. The molecule has 1 aromatic carbocycles. The van der Waals surface area contributed by atoms with E-state index in [4.69, 9.17) is 10.5 Å². The van der Waals surface area contributed by atoms with Gasteiger partial charge in [-0.2, -0.15) is 0 Å². The molecule has 1 aliphatic heterocycles. The second kappa shape index (κ2) is 8.91. The topological polar surface area (TPSA) is 102 Å². The summed E-state index contributed by atoms with van der Waals surface area (Å²) in [6, 6.07) is 11.0. The zero-order valence-electron chi connectivity index (χ0n) is 16.2. The molecule has 0 spiro atoms. The van der Waals surface area contributed by atoms with Crippen LogP contribution in [-0.2, 0) is 9.59 Å². The third-order valence-electron chi connectivity index (χ3n) is 4.70. The number of carbonyl (C=O) groups is 2. The molecule has 1 saturated heterocycles. The predicted molar refractivity (Wildman–Crippen MR) is 116 cm³/mol. The first kappa shape index (κ1) is 19.8. The number of hydrogen-bond donors (Lipinski definition) is 1. The number of ether oxygens (including phenoxy) is 1. The molecule has 8 nitrogen and oxygen atoms in total. The third kappa shape index (κ3) is 4.74. The highest BCUT2D eigenvalue weighted by atomic mass is 32.1. The van der Waals surface area contributed by atoms with Crippen molar-refractivity contribution in [3.63, 3.8) is 0 Å². The SMILES string of the molecule is NC(=O)COc1ccc(/C=C/C(=O)N2CCN(c3nc4cccnc4s3)CC2)cc1. The van der Waals surface area contributed by atoms with E-state index in [1.54, 1.807) is 41.8 Å². The summed E-state index contributed by atoms with van der Waals surface area (Å²) in [5.41, 5.74) is 6.83. The molecule has 1 fully saturated rings. The van der Waals surface area contributed by atoms with Gasteiger partial charge in [0.25, 0.3) is 5.91 Å². The molecule has 1 aliphatic rings. The Morgan fingerprint density at radius 2 is 1.90 bits per heavy atom. The number of carbonyl (C=O) groups excluding carboxylic acids is 2. The average molecular weight is 423 g/mol. The predicted octanol–water partition coefficient (Wildman–Crippen LogP) is 1.92. The monoisotopic (exact) mass is 423 g/mol. The minimum Gasteiger partial charge on any atom is -0.484 e. The van der Waals surface area contributed by atoms with Gasteiger partial charge in [0, 0.05) is 38.5 Å². The number of aromatic nitrogens is 2. The molecule has 2 aromatic heterocycles. The van der Waals surface area contributed by atoms with Crippen molar-refractivity contribution < 1.29 is 14.3 Å². The van der Waals surface area contributed by atoms with Gasteiger partial charge in [0.15, 0.2) is 11.7 Å². The summed E-state index contributed by atoms with van der Waals surface area (Å²) in [5, 5.41) is 0.949. The van der Waals surface area contributed by atoms with E-state index in [-0.39, 0.29) is 12.5 Å². The van der Waals surface area contributed by atoms with Gasteiger partial charge in [0.2, 0.25) is 5.91 Å². The fraction of sp³-hybridized carbons (Fsp3) is 0.238. The van der Waals surface area contributed by atoms with Crippen LogP contribution in [-0.4, -0.2) is 59.5 Å². The van der Waals surface area contributed by atoms with Gasteiger partial charge in [-0.25, -0.2) is 9.97 Å². The number of hydrogen-bond acceptors (Lipinski definition) is 7.